The average Bonchev–Trinajstić information content (AvgIpc) is 3.18. The van der Waals surface area contributed by atoms with Crippen LogP contribution in [0.15, 0.2) is 36.8 Å². The van der Waals surface area contributed by atoms with E-state index >= 15 is 0 Å². The number of hydrogen-bond donors (Lipinski definition) is 1. The minimum absolute atomic E-state index is 0.367. The third-order valence-electron chi connectivity index (χ3n) is 4.72. The van der Waals surface area contributed by atoms with Crippen LogP contribution >= 0.6 is 0 Å². The van der Waals surface area contributed by atoms with Crippen LogP contribution in [0.1, 0.15) is 19.4 Å². The first kappa shape index (κ1) is 20.6. The molecule has 152 valence electrons. The number of benzene rings is 1. The van der Waals surface area contributed by atoms with Gasteiger partial charge in [-0.05, 0) is 29.5 Å². The van der Waals surface area contributed by atoms with Gasteiger partial charge in [-0.3, -0.25) is 4.68 Å². The highest BCUT2D eigenvalue weighted by Crippen LogP contribution is 2.28. The highest BCUT2D eigenvalue weighted by Gasteiger charge is 2.15. The highest BCUT2D eigenvalue weighted by atomic mass is 32.2. The largest absolute Gasteiger partial charge is 0.347 e. The van der Waals surface area contributed by atoms with E-state index in [1.807, 2.05) is 19.4 Å². The van der Waals surface area contributed by atoms with Crippen LogP contribution in [0.3, 0.4) is 0 Å². The molecule has 0 fully saturated rings. The highest BCUT2D eigenvalue weighted by molar-refractivity contribution is 7.87. The normalized spacial score (nSPS) is 12.5. The van der Waals surface area contributed by atoms with Gasteiger partial charge in [-0.25, -0.2) is 4.72 Å². The van der Waals surface area contributed by atoms with Gasteiger partial charge >= 0.3 is 0 Å². The number of nitrogens with one attached hydrogen (secondary N) is 1. The van der Waals surface area contributed by atoms with Crippen molar-refractivity contribution >= 4 is 21.1 Å². The van der Waals surface area contributed by atoms with E-state index in [1.54, 1.807) is 4.68 Å². The molecule has 0 saturated heterocycles. The lowest BCUT2D eigenvalue weighted by Gasteiger charge is -2.11. The van der Waals surface area contributed by atoms with Crippen molar-refractivity contribution in [3.63, 3.8) is 0 Å². The quantitative estimate of drug-likeness (QED) is 0.628. The molecule has 0 aliphatic rings. The monoisotopic (exact) mass is 403 g/mol. The molecule has 0 bridgehead atoms. The lowest BCUT2D eigenvalue weighted by Crippen LogP contribution is -2.36. The summed E-state index contributed by atoms with van der Waals surface area (Å²) in [4.78, 5) is 0. The maximum atomic E-state index is 11.9. The van der Waals surface area contributed by atoms with Crippen molar-refractivity contribution in [1.29, 1.82) is 0 Å². The summed E-state index contributed by atoms with van der Waals surface area (Å²) in [6.45, 7) is 5.67. The van der Waals surface area contributed by atoms with Gasteiger partial charge in [-0.1, -0.05) is 26.0 Å². The van der Waals surface area contributed by atoms with Gasteiger partial charge in [0.05, 0.1) is 6.20 Å². The van der Waals surface area contributed by atoms with Crippen molar-refractivity contribution in [3.05, 3.63) is 42.4 Å². The summed E-state index contributed by atoms with van der Waals surface area (Å²) in [6.07, 6.45) is 6.67. The van der Waals surface area contributed by atoms with Crippen molar-refractivity contribution in [2.75, 3.05) is 20.6 Å². The molecule has 0 aliphatic heterocycles. The van der Waals surface area contributed by atoms with E-state index in [0.29, 0.717) is 18.9 Å². The molecule has 28 heavy (non-hydrogen) atoms. The zero-order valence-corrected chi connectivity index (χ0v) is 18.0. The standard InChI is InChI=1S/C20H29N5O2S/c1-15(2)12-25-14-17(8-9-22-28(26,27)23(3)4)19-7-6-16(10-20(19)25)18-11-21-24(5)13-18/h6-7,10-11,13-15,22H,8-9,12H2,1-5H3. The lowest BCUT2D eigenvalue weighted by atomic mass is 10.0. The third kappa shape index (κ3) is 4.45. The smallest absolute Gasteiger partial charge is 0.278 e. The molecule has 7 nitrogen and oxygen atoms in total. The second kappa shape index (κ2) is 8.06. The molecule has 0 amide bonds. The summed E-state index contributed by atoms with van der Waals surface area (Å²) in [5.41, 5.74) is 4.53. The molecule has 1 aromatic carbocycles. The Hall–Kier alpha value is -2.16. The van der Waals surface area contributed by atoms with Crippen molar-refractivity contribution in [2.45, 2.75) is 26.8 Å². The van der Waals surface area contributed by atoms with E-state index in [0.717, 1.165) is 28.6 Å². The predicted molar refractivity (Wildman–Crippen MR) is 113 cm³/mol. The Labute approximate surface area is 167 Å². The Balaban J connectivity index is 1.92. The number of aromatic nitrogens is 3. The van der Waals surface area contributed by atoms with E-state index in [1.165, 1.54) is 23.9 Å². The van der Waals surface area contributed by atoms with Gasteiger partial charge < -0.3 is 4.57 Å². The number of fused-ring (bicyclic) bond motifs is 1. The fourth-order valence-electron chi connectivity index (χ4n) is 3.31. The fourth-order valence-corrected chi connectivity index (χ4v) is 3.92. The van der Waals surface area contributed by atoms with Crippen LogP contribution in [0.25, 0.3) is 22.0 Å². The Morgan fingerprint density at radius 3 is 2.54 bits per heavy atom. The summed E-state index contributed by atoms with van der Waals surface area (Å²) in [5.74, 6) is 0.512. The Morgan fingerprint density at radius 2 is 1.93 bits per heavy atom. The molecule has 0 spiro atoms. The molecule has 3 rings (SSSR count). The van der Waals surface area contributed by atoms with Gasteiger partial charge in [0, 0.05) is 63.1 Å². The topological polar surface area (TPSA) is 72.2 Å². The summed E-state index contributed by atoms with van der Waals surface area (Å²) in [5, 5.41) is 5.43. The summed E-state index contributed by atoms with van der Waals surface area (Å²) in [7, 11) is 1.56. The molecule has 0 aliphatic carbocycles. The molecular weight excluding hydrogens is 374 g/mol. The molecule has 8 heteroatoms. The number of aryl methyl sites for hydroxylation is 1. The average molecular weight is 404 g/mol. The SMILES string of the molecule is CC(C)Cn1cc(CCNS(=O)(=O)N(C)C)c2ccc(-c3cnn(C)c3)cc21. The predicted octanol–water partition coefficient (Wildman–Crippen LogP) is 2.64. The van der Waals surface area contributed by atoms with Crippen LogP contribution in [0.2, 0.25) is 0 Å². The van der Waals surface area contributed by atoms with Gasteiger partial charge in [-0.15, -0.1) is 0 Å². The maximum Gasteiger partial charge on any atom is 0.278 e. The number of rotatable bonds is 8. The first-order chi connectivity index (χ1) is 13.2. The molecular formula is C20H29N5O2S. The summed E-state index contributed by atoms with van der Waals surface area (Å²) in [6, 6.07) is 6.43. The Kier molecular flexibility index (Phi) is 5.92. The second-order valence-corrected chi connectivity index (χ2v) is 9.74. The van der Waals surface area contributed by atoms with Gasteiger partial charge in [0.15, 0.2) is 0 Å². The molecule has 1 N–H and O–H groups in total. The number of nitrogens with zero attached hydrogens (tertiary/aromatic N) is 4. The Bertz CT molecular complexity index is 1060. The van der Waals surface area contributed by atoms with Gasteiger partial charge in [0.25, 0.3) is 10.2 Å². The molecule has 2 aromatic heterocycles. The number of hydrogen-bond acceptors (Lipinski definition) is 3. The van der Waals surface area contributed by atoms with Crippen molar-refractivity contribution in [3.8, 4) is 11.1 Å². The van der Waals surface area contributed by atoms with E-state index in [9.17, 15) is 8.42 Å². The molecule has 2 heterocycles. The molecule has 0 saturated carbocycles. The van der Waals surface area contributed by atoms with Crippen LogP contribution in [0, 0.1) is 5.92 Å². The minimum Gasteiger partial charge on any atom is -0.347 e. The molecule has 0 unspecified atom stereocenters. The second-order valence-electron chi connectivity index (χ2n) is 7.77. The lowest BCUT2D eigenvalue weighted by molar-refractivity contribution is 0.506. The first-order valence-electron chi connectivity index (χ1n) is 9.45. The van der Waals surface area contributed by atoms with Crippen molar-refractivity contribution < 1.29 is 8.42 Å². The molecule has 0 atom stereocenters. The van der Waals surface area contributed by atoms with Crippen LogP contribution in [0.5, 0.6) is 0 Å². The van der Waals surface area contributed by atoms with Crippen molar-refractivity contribution in [2.24, 2.45) is 13.0 Å². The Morgan fingerprint density at radius 1 is 1.18 bits per heavy atom. The molecule has 0 radical (unpaired) electrons. The molecule has 3 aromatic rings. The fraction of sp³-hybridized carbons (Fsp3) is 0.450. The van der Waals surface area contributed by atoms with Gasteiger partial charge in [0.1, 0.15) is 0 Å². The van der Waals surface area contributed by atoms with Crippen LogP contribution in [-0.4, -0.2) is 47.7 Å². The first-order valence-corrected chi connectivity index (χ1v) is 10.9. The zero-order chi connectivity index (χ0) is 20.5. The van der Waals surface area contributed by atoms with Crippen LogP contribution in [-0.2, 0) is 30.2 Å². The minimum atomic E-state index is -3.41. The maximum absolute atomic E-state index is 11.9. The van der Waals surface area contributed by atoms with E-state index in [4.69, 9.17) is 0 Å². The van der Waals surface area contributed by atoms with Crippen LogP contribution < -0.4 is 4.72 Å². The summed E-state index contributed by atoms with van der Waals surface area (Å²) < 4.78 is 31.8. The van der Waals surface area contributed by atoms with Gasteiger partial charge in [-0.2, -0.15) is 17.8 Å². The van der Waals surface area contributed by atoms with E-state index < -0.39 is 10.2 Å². The zero-order valence-electron chi connectivity index (χ0n) is 17.2. The summed E-state index contributed by atoms with van der Waals surface area (Å²) >= 11 is 0. The van der Waals surface area contributed by atoms with E-state index in [2.05, 4.69) is 52.6 Å². The van der Waals surface area contributed by atoms with Crippen LogP contribution in [0.4, 0.5) is 0 Å². The third-order valence-corrected chi connectivity index (χ3v) is 6.25. The van der Waals surface area contributed by atoms with E-state index in [-0.39, 0.29) is 0 Å². The van der Waals surface area contributed by atoms with Gasteiger partial charge in [0.2, 0.25) is 0 Å². The van der Waals surface area contributed by atoms with Crippen molar-refractivity contribution in [1.82, 2.24) is 23.4 Å².